The third-order valence-corrected chi connectivity index (χ3v) is 4.48. The van der Waals surface area contributed by atoms with Crippen LogP contribution in [0.5, 0.6) is 5.75 Å². The Bertz CT molecular complexity index is 1130. The molecule has 3 aromatic carbocycles. The zero-order valence-electron chi connectivity index (χ0n) is 16.2. The zero-order valence-corrected chi connectivity index (χ0v) is 16.2. The molecule has 0 fully saturated rings. The van der Waals surface area contributed by atoms with Crippen LogP contribution >= 0.6 is 0 Å². The van der Waals surface area contributed by atoms with E-state index in [4.69, 9.17) is 4.84 Å². The molecule has 0 heterocycles. The van der Waals surface area contributed by atoms with Crippen molar-refractivity contribution in [2.24, 2.45) is 5.16 Å². The first-order valence-corrected chi connectivity index (χ1v) is 9.15. The van der Waals surface area contributed by atoms with E-state index in [9.17, 15) is 27.7 Å². The fourth-order valence-electron chi connectivity index (χ4n) is 2.88. The monoisotopic (exact) mass is 432 g/mol. The van der Waals surface area contributed by atoms with Gasteiger partial charge in [0.15, 0.2) is 0 Å². The minimum absolute atomic E-state index is 0.363. The first-order chi connectivity index (χ1) is 14.7. The van der Waals surface area contributed by atoms with Gasteiger partial charge in [-0.15, -0.1) is 0 Å². The van der Waals surface area contributed by atoms with Gasteiger partial charge in [0.25, 0.3) is 0 Å². The summed E-state index contributed by atoms with van der Waals surface area (Å²) in [5.74, 6) is -0.774. The van der Waals surface area contributed by atoms with Crippen LogP contribution < -0.4 is 4.84 Å². The molecule has 0 amide bonds. The molecule has 0 spiro atoms. The maximum Gasteiger partial charge on any atom is 0.416 e. The standard InChI is InChI=1S/C22H16F4N2O3/c1-2-19(15-9-7-14(8-10-15)17-5-3-4-6-18(17)23)27-31-21-12-11-16(22(24,25)26)13-20(21)28(29)30/h3-13H,2H2,1H3/b27-19+. The summed E-state index contributed by atoms with van der Waals surface area (Å²) in [6.07, 6.45) is -4.34. The second-order valence-electron chi connectivity index (χ2n) is 6.48. The fraction of sp³-hybridized carbons (Fsp3) is 0.136. The van der Waals surface area contributed by atoms with Crippen molar-refractivity contribution in [3.05, 3.63) is 93.8 Å². The van der Waals surface area contributed by atoms with Crippen LogP contribution in [-0.4, -0.2) is 10.6 Å². The lowest BCUT2D eigenvalue weighted by Crippen LogP contribution is -2.07. The van der Waals surface area contributed by atoms with Gasteiger partial charge in [0.2, 0.25) is 5.75 Å². The van der Waals surface area contributed by atoms with Gasteiger partial charge in [-0.25, -0.2) is 4.39 Å². The van der Waals surface area contributed by atoms with Crippen LogP contribution in [0.25, 0.3) is 11.1 Å². The Kier molecular flexibility index (Phi) is 6.33. The molecule has 9 heteroatoms. The summed E-state index contributed by atoms with van der Waals surface area (Å²) in [5.41, 5.74) is 0.114. The molecule has 0 N–H and O–H groups in total. The highest BCUT2D eigenvalue weighted by molar-refractivity contribution is 6.00. The maximum atomic E-state index is 13.9. The molecule has 0 aliphatic heterocycles. The lowest BCUT2D eigenvalue weighted by Gasteiger charge is -2.09. The minimum Gasteiger partial charge on any atom is -0.349 e. The number of halogens is 4. The molecule has 0 aliphatic rings. The van der Waals surface area contributed by atoms with Gasteiger partial charge in [0.05, 0.1) is 16.2 Å². The zero-order chi connectivity index (χ0) is 22.6. The molecule has 0 aromatic heterocycles. The van der Waals surface area contributed by atoms with Crippen molar-refractivity contribution in [2.45, 2.75) is 19.5 Å². The summed E-state index contributed by atoms with van der Waals surface area (Å²) >= 11 is 0. The van der Waals surface area contributed by atoms with Crippen molar-refractivity contribution >= 4 is 11.4 Å². The number of alkyl halides is 3. The fourth-order valence-corrected chi connectivity index (χ4v) is 2.88. The highest BCUT2D eigenvalue weighted by Crippen LogP contribution is 2.36. The number of nitro benzene ring substituents is 1. The van der Waals surface area contributed by atoms with E-state index in [-0.39, 0.29) is 5.82 Å². The molecule has 0 saturated carbocycles. The van der Waals surface area contributed by atoms with Crippen LogP contribution in [-0.2, 0) is 6.18 Å². The summed E-state index contributed by atoms with van der Waals surface area (Å²) in [5, 5.41) is 15.1. The summed E-state index contributed by atoms with van der Waals surface area (Å²) < 4.78 is 52.4. The van der Waals surface area contributed by atoms with Crippen LogP contribution in [0.4, 0.5) is 23.2 Å². The summed E-state index contributed by atoms with van der Waals surface area (Å²) in [6.45, 7) is 1.77. The first-order valence-electron chi connectivity index (χ1n) is 9.15. The van der Waals surface area contributed by atoms with Crippen LogP contribution in [0, 0.1) is 15.9 Å². The molecule has 0 saturated heterocycles. The Balaban J connectivity index is 1.87. The SMILES string of the molecule is CC/C(=N\Oc1ccc(C(F)(F)F)cc1[N+](=O)[O-])c1ccc(-c2ccccc2F)cc1. The van der Waals surface area contributed by atoms with Gasteiger partial charge < -0.3 is 4.84 Å². The van der Waals surface area contributed by atoms with E-state index in [2.05, 4.69) is 5.16 Å². The van der Waals surface area contributed by atoms with E-state index in [1.807, 2.05) is 0 Å². The van der Waals surface area contributed by atoms with Gasteiger partial charge in [-0.2, -0.15) is 13.2 Å². The second-order valence-corrected chi connectivity index (χ2v) is 6.48. The van der Waals surface area contributed by atoms with Gasteiger partial charge in [0, 0.05) is 11.6 Å². The smallest absolute Gasteiger partial charge is 0.349 e. The molecule has 31 heavy (non-hydrogen) atoms. The van der Waals surface area contributed by atoms with Gasteiger partial charge >= 0.3 is 11.9 Å². The topological polar surface area (TPSA) is 64.7 Å². The van der Waals surface area contributed by atoms with Crippen molar-refractivity contribution in [1.29, 1.82) is 0 Å². The third kappa shape index (κ3) is 5.06. The van der Waals surface area contributed by atoms with Crippen LogP contribution in [0.1, 0.15) is 24.5 Å². The maximum absolute atomic E-state index is 13.9. The Hall–Kier alpha value is -3.75. The highest BCUT2D eigenvalue weighted by atomic mass is 19.4. The molecule has 3 rings (SSSR count). The predicted molar refractivity (Wildman–Crippen MR) is 107 cm³/mol. The normalized spacial score (nSPS) is 12.0. The molecule has 5 nitrogen and oxygen atoms in total. The van der Waals surface area contributed by atoms with Gasteiger partial charge in [-0.05, 0) is 35.7 Å². The van der Waals surface area contributed by atoms with Crippen molar-refractivity contribution in [1.82, 2.24) is 0 Å². The van der Waals surface area contributed by atoms with E-state index in [1.54, 1.807) is 49.4 Å². The van der Waals surface area contributed by atoms with E-state index in [0.29, 0.717) is 41.0 Å². The Morgan fingerprint density at radius 2 is 1.74 bits per heavy atom. The average molecular weight is 432 g/mol. The quantitative estimate of drug-likeness (QED) is 0.190. The average Bonchev–Trinajstić information content (AvgIpc) is 2.74. The van der Waals surface area contributed by atoms with E-state index in [1.165, 1.54) is 6.07 Å². The molecular formula is C22H16F4N2O3. The molecule has 0 bridgehead atoms. The molecule has 0 radical (unpaired) electrons. The van der Waals surface area contributed by atoms with Crippen LogP contribution in [0.15, 0.2) is 71.9 Å². The lowest BCUT2D eigenvalue weighted by atomic mass is 10.0. The largest absolute Gasteiger partial charge is 0.416 e. The lowest BCUT2D eigenvalue weighted by molar-refractivity contribution is -0.386. The molecule has 3 aromatic rings. The summed E-state index contributed by atoms with van der Waals surface area (Å²) in [6, 6.07) is 15.0. The third-order valence-electron chi connectivity index (χ3n) is 4.48. The second kappa shape index (κ2) is 8.95. The molecular weight excluding hydrogens is 416 g/mol. The number of hydrogen-bond donors (Lipinski definition) is 0. The van der Waals surface area contributed by atoms with Crippen molar-refractivity contribution < 1.29 is 27.3 Å². The Labute approximate surface area is 174 Å². The van der Waals surface area contributed by atoms with Crippen LogP contribution in [0.2, 0.25) is 0 Å². The molecule has 0 atom stereocenters. The summed E-state index contributed by atoms with van der Waals surface area (Å²) in [7, 11) is 0. The Morgan fingerprint density at radius 1 is 1.06 bits per heavy atom. The number of nitro groups is 1. The minimum atomic E-state index is -4.72. The van der Waals surface area contributed by atoms with E-state index >= 15 is 0 Å². The number of hydrogen-bond acceptors (Lipinski definition) is 4. The van der Waals surface area contributed by atoms with E-state index in [0.717, 1.165) is 6.07 Å². The van der Waals surface area contributed by atoms with E-state index < -0.39 is 28.1 Å². The number of rotatable bonds is 6. The number of oxime groups is 1. The van der Waals surface area contributed by atoms with Gasteiger partial charge in [-0.1, -0.05) is 54.5 Å². The summed E-state index contributed by atoms with van der Waals surface area (Å²) in [4.78, 5) is 15.3. The van der Waals surface area contributed by atoms with Crippen molar-refractivity contribution in [2.75, 3.05) is 0 Å². The molecule has 0 unspecified atom stereocenters. The molecule has 0 aliphatic carbocycles. The van der Waals surface area contributed by atoms with Gasteiger partial charge in [0.1, 0.15) is 5.82 Å². The number of nitrogens with zero attached hydrogens (tertiary/aromatic N) is 2. The van der Waals surface area contributed by atoms with Gasteiger partial charge in [-0.3, -0.25) is 10.1 Å². The van der Waals surface area contributed by atoms with Crippen LogP contribution in [0.3, 0.4) is 0 Å². The molecule has 160 valence electrons. The highest BCUT2D eigenvalue weighted by Gasteiger charge is 2.33. The van der Waals surface area contributed by atoms with Crippen molar-refractivity contribution in [3.8, 4) is 16.9 Å². The predicted octanol–water partition coefficient (Wildman–Crippen LogP) is 6.61. The first kappa shape index (κ1) is 21.9. The Morgan fingerprint density at radius 3 is 2.32 bits per heavy atom. The van der Waals surface area contributed by atoms with Crippen molar-refractivity contribution in [3.63, 3.8) is 0 Å². The number of benzene rings is 3.